The first-order valence-electron chi connectivity index (χ1n) is 6.74. The van der Waals surface area contributed by atoms with Crippen molar-refractivity contribution in [2.45, 2.75) is 38.8 Å². The van der Waals surface area contributed by atoms with Crippen LogP contribution < -0.4 is 11.1 Å². The van der Waals surface area contributed by atoms with Gasteiger partial charge in [0.2, 0.25) is 5.91 Å². The Hall–Kier alpha value is -1.88. The van der Waals surface area contributed by atoms with Crippen LogP contribution in [0.5, 0.6) is 0 Å². The number of carbonyl (C=O) groups excluding carboxylic acids is 1. The molecule has 0 heterocycles. The monoisotopic (exact) mass is 278 g/mol. The molecule has 110 valence electrons. The van der Waals surface area contributed by atoms with Crippen LogP contribution in [0.15, 0.2) is 30.3 Å². The van der Waals surface area contributed by atoms with E-state index in [1.165, 1.54) is 0 Å². The van der Waals surface area contributed by atoms with E-state index in [1.807, 2.05) is 30.3 Å². The van der Waals surface area contributed by atoms with Crippen LogP contribution in [0.4, 0.5) is 0 Å². The topological polar surface area (TPSA) is 92.4 Å². The van der Waals surface area contributed by atoms with Gasteiger partial charge in [0.1, 0.15) is 6.04 Å². The Bertz CT molecular complexity index is 446. The zero-order valence-corrected chi connectivity index (χ0v) is 11.9. The minimum atomic E-state index is -1.04. The second kappa shape index (κ2) is 7.65. The van der Waals surface area contributed by atoms with E-state index < -0.39 is 24.0 Å². The predicted molar refractivity (Wildman–Crippen MR) is 77.1 cm³/mol. The summed E-state index contributed by atoms with van der Waals surface area (Å²) in [6.45, 7) is 3.49. The van der Waals surface area contributed by atoms with Gasteiger partial charge in [0.05, 0.1) is 6.04 Å². The molecule has 0 bridgehead atoms. The third kappa shape index (κ3) is 5.01. The molecule has 0 saturated heterocycles. The Morgan fingerprint density at radius 2 is 1.85 bits per heavy atom. The van der Waals surface area contributed by atoms with Crippen LogP contribution in [0, 0.1) is 5.92 Å². The molecule has 0 spiro atoms. The summed E-state index contributed by atoms with van der Waals surface area (Å²) in [5.74, 6) is -1.64. The Labute approximate surface area is 119 Å². The van der Waals surface area contributed by atoms with Crippen LogP contribution in [-0.4, -0.2) is 29.1 Å². The predicted octanol–water partition coefficient (Wildman–Crippen LogP) is 1.17. The van der Waals surface area contributed by atoms with Crippen molar-refractivity contribution in [2.75, 3.05) is 0 Å². The summed E-state index contributed by atoms with van der Waals surface area (Å²) in [5.41, 5.74) is 6.91. The molecule has 0 aliphatic heterocycles. The van der Waals surface area contributed by atoms with E-state index in [0.29, 0.717) is 12.8 Å². The van der Waals surface area contributed by atoms with Crippen molar-refractivity contribution in [3.8, 4) is 0 Å². The highest BCUT2D eigenvalue weighted by molar-refractivity contribution is 5.86. The number of amides is 1. The fraction of sp³-hybridized carbons (Fsp3) is 0.467. The Morgan fingerprint density at radius 3 is 2.35 bits per heavy atom. The molecule has 0 aliphatic carbocycles. The lowest BCUT2D eigenvalue weighted by molar-refractivity contribution is -0.143. The van der Waals surface area contributed by atoms with E-state index in [0.717, 1.165) is 5.56 Å². The summed E-state index contributed by atoms with van der Waals surface area (Å²) in [7, 11) is 0. The average Bonchev–Trinajstić information content (AvgIpc) is 2.42. The number of carboxylic acid groups (broad SMARTS) is 1. The number of hydrogen-bond acceptors (Lipinski definition) is 3. The smallest absolute Gasteiger partial charge is 0.326 e. The number of hydrogen-bond donors (Lipinski definition) is 3. The van der Waals surface area contributed by atoms with Crippen LogP contribution in [-0.2, 0) is 16.0 Å². The van der Waals surface area contributed by atoms with Crippen LogP contribution in [0.3, 0.4) is 0 Å². The van der Waals surface area contributed by atoms with Gasteiger partial charge >= 0.3 is 5.97 Å². The minimum absolute atomic E-state index is 0.183. The first kappa shape index (κ1) is 16.2. The van der Waals surface area contributed by atoms with Gasteiger partial charge in [0.15, 0.2) is 0 Å². The van der Waals surface area contributed by atoms with Crippen molar-refractivity contribution in [3.63, 3.8) is 0 Å². The normalized spacial score (nSPS) is 13.8. The van der Waals surface area contributed by atoms with Crippen molar-refractivity contribution < 1.29 is 14.7 Å². The molecule has 5 nitrogen and oxygen atoms in total. The van der Waals surface area contributed by atoms with Gasteiger partial charge in [0, 0.05) is 0 Å². The quantitative estimate of drug-likeness (QED) is 0.698. The Balaban J connectivity index is 2.48. The van der Waals surface area contributed by atoms with E-state index in [1.54, 1.807) is 13.8 Å². The lowest BCUT2D eigenvalue weighted by atomic mass is 10.0. The maximum Gasteiger partial charge on any atom is 0.326 e. The average molecular weight is 278 g/mol. The minimum Gasteiger partial charge on any atom is -0.480 e. The molecule has 0 aliphatic rings. The third-order valence-electron chi connectivity index (χ3n) is 3.15. The maximum atomic E-state index is 11.9. The molecule has 0 fully saturated rings. The van der Waals surface area contributed by atoms with Gasteiger partial charge in [-0.15, -0.1) is 0 Å². The van der Waals surface area contributed by atoms with Crippen molar-refractivity contribution in [2.24, 2.45) is 11.7 Å². The molecule has 2 atom stereocenters. The fourth-order valence-corrected chi connectivity index (χ4v) is 1.87. The number of benzene rings is 1. The van der Waals surface area contributed by atoms with Gasteiger partial charge in [0.25, 0.3) is 0 Å². The second-order valence-corrected chi connectivity index (χ2v) is 5.20. The van der Waals surface area contributed by atoms with E-state index in [9.17, 15) is 9.59 Å². The SMILES string of the molecule is CC(C)[C@H](NC(=O)[C@@H](N)CCc1ccccc1)C(=O)O. The summed E-state index contributed by atoms with van der Waals surface area (Å²) < 4.78 is 0. The molecule has 1 aromatic rings. The second-order valence-electron chi connectivity index (χ2n) is 5.20. The number of aryl methyl sites for hydroxylation is 1. The Kier molecular flexibility index (Phi) is 6.18. The van der Waals surface area contributed by atoms with Crippen LogP contribution >= 0.6 is 0 Å². The van der Waals surface area contributed by atoms with Gasteiger partial charge in [-0.2, -0.15) is 0 Å². The maximum absolute atomic E-state index is 11.9. The number of rotatable bonds is 7. The fourth-order valence-electron chi connectivity index (χ4n) is 1.87. The van der Waals surface area contributed by atoms with Gasteiger partial charge in [-0.3, -0.25) is 4.79 Å². The molecule has 0 unspecified atom stereocenters. The first-order valence-corrected chi connectivity index (χ1v) is 6.74. The van der Waals surface area contributed by atoms with Crippen molar-refractivity contribution in [1.82, 2.24) is 5.32 Å². The van der Waals surface area contributed by atoms with E-state index >= 15 is 0 Å². The van der Waals surface area contributed by atoms with Crippen molar-refractivity contribution >= 4 is 11.9 Å². The van der Waals surface area contributed by atoms with Crippen molar-refractivity contribution in [3.05, 3.63) is 35.9 Å². The standard InChI is InChI=1S/C15H22N2O3/c1-10(2)13(15(19)20)17-14(18)12(16)9-8-11-6-4-3-5-7-11/h3-7,10,12-13H,8-9,16H2,1-2H3,(H,17,18)(H,19,20)/t12-,13-/m0/s1. The van der Waals surface area contributed by atoms with Crippen LogP contribution in [0.25, 0.3) is 0 Å². The summed E-state index contributed by atoms with van der Waals surface area (Å²) in [6, 6.07) is 8.13. The number of carbonyl (C=O) groups is 2. The molecule has 0 radical (unpaired) electrons. The first-order chi connectivity index (χ1) is 9.41. The number of carboxylic acids is 1. The lowest BCUT2D eigenvalue weighted by Crippen LogP contribution is -2.50. The van der Waals surface area contributed by atoms with Gasteiger partial charge in [-0.1, -0.05) is 44.2 Å². The number of nitrogens with two attached hydrogens (primary N) is 1. The molecular weight excluding hydrogens is 256 g/mol. The molecule has 0 saturated carbocycles. The zero-order valence-electron chi connectivity index (χ0n) is 11.9. The van der Waals surface area contributed by atoms with E-state index in [2.05, 4.69) is 5.32 Å². The summed E-state index contributed by atoms with van der Waals surface area (Å²) in [5, 5.41) is 11.5. The summed E-state index contributed by atoms with van der Waals surface area (Å²) >= 11 is 0. The number of aliphatic carboxylic acids is 1. The molecule has 5 heteroatoms. The molecule has 20 heavy (non-hydrogen) atoms. The van der Waals surface area contributed by atoms with Crippen LogP contribution in [0.1, 0.15) is 25.8 Å². The number of nitrogens with one attached hydrogen (secondary N) is 1. The molecule has 1 amide bonds. The molecule has 0 aromatic heterocycles. The van der Waals surface area contributed by atoms with Crippen molar-refractivity contribution in [1.29, 1.82) is 0 Å². The molecule has 1 rings (SSSR count). The molecule has 4 N–H and O–H groups in total. The Morgan fingerprint density at radius 1 is 1.25 bits per heavy atom. The highest BCUT2D eigenvalue weighted by Crippen LogP contribution is 2.06. The van der Waals surface area contributed by atoms with Gasteiger partial charge in [-0.05, 0) is 24.3 Å². The van der Waals surface area contributed by atoms with E-state index in [4.69, 9.17) is 10.8 Å². The summed E-state index contributed by atoms with van der Waals surface area (Å²) in [6.07, 6.45) is 1.18. The molecular formula is C15H22N2O3. The zero-order chi connectivity index (χ0) is 15.1. The lowest BCUT2D eigenvalue weighted by Gasteiger charge is -2.20. The largest absolute Gasteiger partial charge is 0.480 e. The van der Waals surface area contributed by atoms with Gasteiger partial charge in [-0.25, -0.2) is 4.79 Å². The molecule has 1 aromatic carbocycles. The third-order valence-corrected chi connectivity index (χ3v) is 3.15. The highest BCUT2D eigenvalue weighted by atomic mass is 16.4. The highest BCUT2D eigenvalue weighted by Gasteiger charge is 2.25. The van der Waals surface area contributed by atoms with Gasteiger partial charge < -0.3 is 16.2 Å². The van der Waals surface area contributed by atoms with Crippen LogP contribution in [0.2, 0.25) is 0 Å². The van der Waals surface area contributed by atoms with E-state index in [-0.39, 0.29) is 5.92 Å². The summed E-state index contributed by atoms with van der Waals surface area (Å²) in [4.78, 5) is 22.9.